The first-order chi connectivity index (χ1) is 13.1. The summed E-state index contributed by atoms with van der Waals surface area (Å²) in [4.78, 5) is 35.6. The highest BCUT2D eigenvalue weighted by Crippen LogP contribution is 2.26. The highest BCUT2D eigenvalue weighted by Gasteiger charge is 2.17. The van der Waals surface area contributed by atoms with Crippen molar-refractivity contribution < 1.29 is 18.7 Å². The average Bonchev–Trinajstić information content (AvgIpc) is 3.30. The van der Waals surface area contributed by atoms with Crippen LogP contribution in [0.15, 0.2) is 41.3 Å². The number of carbonyl (C=O) groups excluding carboxylic acids is 2. The first-order valence-corrected chi connectivity index (χ1v) is 8.23. The van der Waals surface area contributed by atoms with Crippen LogP contribution in [0.4, 0.5) is 0 Å². The lowest BCUT2D eigenvalue weighted by Crippen LogP contribution is -2.23. The Bertz CT molecular complexity index is 1180. The fourth-order valence-electron chi connectivity index (χ4n) is 3.00. The van der Waals surface area contributed by atoms with Crippen LogP contribution in [0.5, 0.6) is 0 Å². The second-order valence-corrected chi connectivity index (χ2v) is 6.10. The maximum absolute atomic E-state index is 12.5. The van der Waals surface area contributed by atoms with E-state index in [0.29, 0.717) is 33.5 Å². The number of hydrogen-bond donors (Lipinski definition) is 2. The molecule has 1 amide bonds. The van der Waals surface area contributed by atoms with Gasteiger partial charge in [0.05, 0.1) is 37.3 Å². The van der Waals surface area contributed by atoms with Crippen molar-refractivity contribution in [2.24, 2.45) is 0 Å². The molecule has 1 aromatic carbocycles. The molecule has 0 unspecified atom stereocenters. The SMILES string of the molecule is COC(=O)c1cc(C)cc2cc(CNC(=O)c3cncc4[nH]cnc34)oc12. The van der Waals surface area contributed by atoms with E-state index in [0.717, 1.165) is 10.9 Å². The van der Waals surface area contributed by atoms with Crippen LogP contribution in [-0.4, -0.2) is 33.9 Å². The first kappa shape index (κ1) is 16.8. The molecular formula is C19H16N4O4. The topological polar surface area (TPSA) is 110 Å². The van der Waals surface area contributed by atoms with Gasteiger partial charge < -0.3 is 19.5 Å². The minimum Gasteiger partial charge on any atom is -0.465 e. The molecule has 8 heteroatoms. The summed E-state index contributed by atoms with van der Waals surface area (Å²) in [5.74, 6) is -0.258. The van der Waals surface area contributed by atoms with Crippen LogP contribution in [0.3, 0.4) is 0 Å². The number of fused-ring (bicyclic) bond motifs is 2. The van der Waals surface area contributed by atoms with Gasteiger partial charge in [-0.1, -0.05) is 0 Å². The second kappa shape index (κ2) is 6.56. The van der Waals surface area contributed by atoms with Gasteiger partial charge in [-0.05, 0) is 30.7 Å². The van der Waals surface area contributed by atoms with Crippen molar-refractivity contribution in [2.45, 2.75) is 13.5 Å². The number of hydrogen-bond acceptors (Lipinski definition) is 6. The molecule has 0 saturated carbocycles. The molecule has 0 aliphatic heterocycles. The van der Waals surface area contributed by atoms with E-state index in [1.165, 1.54) is 19.6 Å². The summed E-state index contributed by atoms with van der Waals surface area (Å²) in [7, 11) is 1.32. The van der Waals surface area contributed by atoms with Gasteiger partial charge in [0.15, 0.2) is 0 Å². The number of aryl methyl sites for hydroxylation is 1. The molecule has 8 nitrogen and oxygen atoms in total. The lowest BCUT2D eigenvalue weighted by atomic mass is 10.1. The van der Waals surface area contributed by atoms with Crippen LogP contribution in [-0.2, 0) is 11.3 Å². The summed E-state index contributed by atoms with van der Waals surface area (Å²) in [5.41, 5.74) is 3.31. The Kier molecular flexibility index (Phi) is 4.08. The average molecular weight is 364 g/mol. The Balaban J connectivity index is 1.60. The number of esters is 1. The molecule has 3 heterocycles. The predicted octanol–water partition coefficient (Wildman–Crippen LogP) is 2.73. The summed E-state index contributed by atoms with van der Waals surface area (Å²) in [6, 6.07) is 5.41. The number of rotatable bonds is 4. The van der Waals surface area contributed by atoms with Crippen LogP contribution in [0, 0.1) is 6.92 Å². The van der Waals surface area contributed by atoms with Gasteiger partial charge in [0.1, 0.15) is 22.4 Å². The Hall–Kier alpha value is -3.68. The van der Waals surface area contributed by atoms with Crippen molar-refractivity contribution in [3.63, 3.8) is 0 Å². The minimum atomic E-state index is -0.468. The number of aromatic amines is 1. The number of nitrogens with one attached hydrogen (secondary N) is 2. The molecule has 4 aromatic rings. The Labute approximate surface area is 153 Å². The van der Waals surface area contributed by atoms with Gasteiger partial charge in [-0.25, -0.2) is 9.78 Å². The molecule has 0 bridgehead atoms. The standard InChI is InChI=1S/C19H16N4O4/c1-10-3-11-5-12(27-17(11)13(4-10)19(25)26-2)6-21-18(24)14-7-20-8-15-16(14)23-9-22-15/h3-5,7-9H,6H2,1-2H3,(H,21,24)(H,22,23). The largest absolute Gasteiger partial charge is 0.465 e. The van der Waals surface area contributed by atoms with E-state index >= 15 is 0 Å². The molecular weight excluding hydrogens is 348 g/mol. The van der Waals surface area contributed by atoms with E-state index in [9.17, 15) is 9.59 Å². The third-order valence-corrected chi connectivity index (χ3v) is 4.22. The number of carbonyl (C=O) groups is 2. The summed E-state index contributed by atoms with van der Waals surface area (Å²) in [5, 5.41) is 3.57. The Morgan fingerprint density at radius 3 is 2.89 bits per heavy atom. The first-order valence-electron chi connectivity index (χ1n) is 8.23. The summed E-state index contributed by atoms with van der Waals surface area (Å²) in [6.07, 6.45) is 4.59. The number of amides is 1. The van der Waals surface area contributed by atoms with Crippen molar-refractivity contribution in [3.05, 3.63) is 59.4 Å². The molecule has 0 spiro atoms. The maximum atomic E-state index is 12.5. The second-order valence-electron chi connectivity index (χ2n) is 6.10. The fourth-order valence-corrected chi connectivity index (χ4v) is 3.00. The van der Waals surface area contributed by atoms with E-state index in [-0.39, 0.29) is 12.5 Å². The molecule has 2 N–H and O–H groups in total. The van der Waals surface area contributed by atoms with Gasteiger partial charge in [0.2, 0.25) is 0 Å². The lowest BCUT2D eigenvalue weighted by molar-refractivity contribution is 0.0601. The molecule has 4 rings (SSSR count). The van der Waals surface area contributed by atoms with Gasteiger partial charge in [-0.15, -0.1) is 0 Å². The molecule has 136 valence electrons. The molecule has 27 heavy (non-hydrogen) atoms. The summed E-state index contributed by atoms with van der Waals surface area (Å²) < 4.78 is 10.6. The quantitative estimate of drug-likeness (QED) is 0.539. The molecule has 0 radical (unpaired) electrons. The lowest BCUT2D eigenvalue weighted by Gasteiger charge is -2.04. The highest BCUT2D eigenvalue weighted by atomic mass is 16.5. The van der Waals surface area contributed by atoms with Crippen LogP contribution < -0.4 is 5.32 Å². The number of nitrogens with zero attached hydrogens (tertiary/aromatic N) is 2. The molecule has 0 aliphatic carbocycles. The van der Waals surface area contributed by atoms with Crippen molar-refractivity contribution in [2.75, 3.05) is 7.11 Å². The number of methoxy groups -OCH3 is 1. The van der Waals surface area contributed by atoms with Crippen LogP contribution in [0.1, 0.15) is 32.0 Å². The number of pyridine rings is 1. The molecule has 0 aliphatic rings. The molecule has 3 aromatic heterocycles. The number of furan rings is 1. The number of H-pyrrole nitrogens is 1. The maximum Gasteiger partial charge on any atom is 0.341 e. The number of aromatic nitrogens is 3. The van der Waals surface area contributed by atoms with Crippen molar-refractivity contribution in [1.29, 1.82) is 0 Å². The summed E-state index contributed by atoms with van der Waals surface area (Å²) >= 11 is 0. The van der Waals surface area contributed by atoms with Crippen LogP contribution in [0.25, 0.3) is 22.0 Å². The van der Waals surface area contributed by atoms with Gasteiger partial charge in [0.25, 0.3) is 5.91 Å². The predicted molar refractivity (Wildman–Crippen MR) is 97.3 cm³/mol. The van der Waals surface area contributed by atoms with Crippen LogP contribution in [0.2, 0.25) is 0 Å². The Morgan fingerprint density at radius 2 is 2.07 bits per heavy atom. The van der Waals surface area contributed by atoms with Crippen LogP contribution >= 0.6 is 0 Å². The van der Waals surface area contributed by atoms with Gasteiger partial charge in [-0.3, -0.25) is 9.78 Å². The van der Waals surface area contributed by atoms with E-state index < -0.39 is 5.97 Å². The van der Waals surface area contributed by atoms with E-state index in [4.69, 9.17) is 9.15 Å². The molecule has 0 atom stereocenters. The number of ether oxygens (including phenoxy) is 1. The van der Waals surface area contributed by atoms with Gasteiger partial charge in [0, 0.05) is 11.6 Å². The van der Waals surface area contributed by atoms with Gasteiger partial charge >= 0.3 is 5.97 Å². The normalized spacial score (nSPS) is 11.0. The van der Waals surface area contributed by atoms with Crippen molar-refractivity contribution >= 4 is 33.9 Å². The smallest absolute Gasteiger partial charge is 0.341 e. The highest BCUT2D eigenvalue weighted by molar-refractivity contribution is 6.04. The zero-order valence-corrected chi connectivity index (χ0v) is 14.7. The zero-order valence-electron chi connectivity index (χ0n) is 14.7. The van der Waals surface area contributed by atoms with Crippen molar-refractivity contribution in [3.8, 4) is 0 Å². The number of imidazole rings is 1. The Morgan fingerprint density at radius 1 is 1.22 bits per heavy atom. The number of benzene rings is 1. The van der Waals surface area contributed by atoms with E-state index in [1.807, 2.05) is 13.0 Å². The minimum absolute atomic E-state index is 0.161. The monoisotopic (exact) mass is 364 g/mol. The fraction of sp³-hybridized carbons (Fsp3) is 0.158. The third-order valence-electron chi connectivity index (χ3n) is 4.22. The van der Waals surface area contributed by atoms with E-state index in [1.54, 1.807) is 18.3 Å². The third kappa shape index (κ3) is 3.01. The van der Waals surface area contributed by atoms with Gasteiger partial charge in [-0.2, -0.15) is 0 Å². The summed E-state index contributed by atoms with van der Waals surface area (Å²) in [6.45, 7) is 2.05. The zero-order chi connectivity index (χ0) is 19.0. The van der Waals surface area contributed by atoms with Crippen molar-refractivity contribution in [1.82, 2.24) is 20.3 Å². The molecule has 0 saturated heterocycles. The van der Waals surface area contributed by atoms with E-state index in [2.05, 4.69) is 20.3 Å². The molecule has 0 fully saturated rings.